The van der Waals surface area contributed by atoms with E-state index >= 15 is 0 Å². The van der Waals surface area contributed by atoms with E-state index in [0.29, 0.717) is 16.7 Å². The number of benzene rings is 2. The largest absolute Gasteiger partial charge is 0.497 e. The van der Waals surface area contributed by atoms with Gasteiger partial charge in [0.2, 0.25) is 0 Å². The first kappa shape index (κ1) is 16.3. The van der Waals surface area contributed by atoms with Crippen molar-refractivity contribution >= 4 is 11.6 Å². The zero-order valence-corrected chi connectivity index (χ0v) is 13.8. The zero-order valence-electron chi connectivity index (χ0n) is 13.1. The Hall–Kier alpha value is -2.57. The minimum absolute atomic E-state index is 0.271. The molecule has 3 rings (SSSR count). The molecule has 1 aromatic heterocycles. The third kappa shape index (κ3) is 3.84. The summed E-state index contributed by atoms with van der Waals surface area (Å²) in [5.41, 5.74) is 7.07. The minimum Gasteiger partial charge on any atom is -0.497 e. The van der Waals surface area contributed by atoms with Crippen LogP contribution in [0.3, 0.4) is 0 Å². The molecule has 124 valence electrons. The number of hydrogen-bond donors (Lipinski definition) is 2. The van der Waals surface area contributed by atoms with Crippen molar-refractivity contribution in [2.45, 2.75) is 12.6 Å². The highest BCUT2D eigenvalue weighted by Gasteiger charge is 2.14. The van der Waals surface area contributed by atoms with Gasteiger partial charge in [-0.05, 0) is 42.0 Å². The number of halogens is 1. The van der Waals surface area contributed by atoms with Gasteiger partial charge in [0.1, 0.15) is 18.1 Å². The van der Waals surface area contributed by atoms with Crippen LogP contribution in [0, 0.1) is 0 Å². The Balaban J connectivity index is 1.63. The number of rotatable bonds is 6. The highest BCUT2D eigenvalue weighted by molar-refractivity contribution is 6.30. The van der Waals surface area contributed by atoms with Crippen LogP contribution in [0.5, 0.6) is 11.5 Å². The third-order valence-electron chi connectivity index (χ3n) is 3.49. The number of H-pyrrole nitrogens is 1. The monoisotopic (exact) mass is 344 g/mol. The van der Waals surface area contributed by atoms with E-state index < -0.39 is 6.04 Å². The number of methoxy groups -OCH3 is 1. The van der Waals surface area contributed by atoms with E-state index in [1.165, 1.54) is 0 Å². The van der Waals surface area contributed by atoms with Gasteiger partial charge in [0.05, 0.1) is 13.2 Å². The van der Waals surface area contributed by atoms with Crippen LogP contribution in [-0.4, -0.2) is 22.3 Å². The molecule has 7 heteroatoms. The molecule has 0 aliphatic carbocycles. The molecule has 0 spiro atoms. The van der Waals surface area contributed by atoms with Crippen molar-refractivity contribution in [3.8, 4) is 11.5 Å². The second-order valence-electron chi connectivity index (χ2n) is 5.13. The first-order valence-electron chi connectivity index (χ1n) is 7.35. The van der Waals surface area contributed by atoms with Gasteiger partial charge < -0.3 is 15.2 Å². The molecule has 0 radical (unpaired) electrons. The van der Waals surface area contributed by atoms with Gasteiger partial charge in [-0.3, -0.25) is 5.10 Å². The van der Waals surface area contributed by atoms with Gasteiger partial charge in [0, 0.05) is 5.02 Å². The Morgan fingerprint density at radius 2 is 1.75 bits per heavy atom. The maximum atomic E-state index is 6.18. The molecule has 0 unspecified atom stereocenters. The number of hydrogen-bond acceptors (Lipinski definition) is 5. The standard InChI is InChI=1S/C17H17ClN4O2/c1-23-13-6-8-14(9-7-13)24-10-15-20-17(22-21-15)16(19)11-2-4-12(18)5-3-11/h2-9,16H,10,19H2,1H3,(H,20,21,22)/t16-/m1/s1. The quantitative estimate of drug-likeness (QED) is 0.717. The molecular formula is C17H17ClN4O2. The summed E-state index contributed by atoms with van der Waals surface area (Å²) in [5.74, 6) is 2.60. The fraction of sp³-hybridized carbons (Fsp3) is 0.176. The van der Waals surface area contributed by atoms with Crippen LogP contribution >= 0.6 is 11.6 Å². The highest BCUT2D eigenvalue weighted by atomic mass is 35.5. The van der Waals surface area contributed by atoms with Gasteiger partial charge in [0.15, 0.2) is 11.6 Å². The molecule has 0 bridgehead atoms. The van der Waals surface area contributed by atoms with Crippen LogP contribution in [-0.2, 0) is 6.61 Å². The van der Waals surface area contributed by atoms with Gasteiger partial charge >= 0.3 is 0 Å². The Morgan fingerprint density at radius 3 is 2.42 bits per heavy atom. The first-order chi connectivity index (χ1) is 11.7. The topological polar surface area (TPSA) is 86.1 Å². The molecule has 0 saturated carbocycles. The molecule has 24 heavy (non-hydrogen) atoms. The molecule has 0 fully saturated rings. The van der Waals surface area contributed by atoms with Crippen LogP contribution in [0.15, 0.2) is 48.5 Å². The van der Waals surface area contributed by atoms with Crippen LogP contribution < -0.4 is 15.2 Å². The van der Waals surface area contributed by atoms with Gasteiger partial charge in [-0.2, -0.15) is 5.10 Å². The molecule has 0 aliphatic rings. The summed E-state index contributed by atoms with van der Waals surface area (Å²) in [7, 11) is 1.62. The first-order valence-corrected chi connectivity index (χ1v) is 7.72. The van der Waals surface area contributed by atoms with Crippen molar-refractivity contribution in [1.82, 2.24) is 15.2 Å². The second kappa shape index (κ2) is 7.33. The van der Waals surface area contributed by atoms with Crippen LogP contribution in [0.4, 0.5) is 0 Å². The number of ether oxygens (including phenoxy) is 2. The van der Waals surface area contributed by atoms with Crippen molar-refractivity contribution in [2.24, 2.45) is 5.73 Å². The molecule has 1 heterocycles. The van der Waals surface area contributed by atoms with Crippen molar-refractivity contribution in [3.63, 3.8) is 0 Å². The minimum atomic E-state index is -0.423. The molecule has 2 aromatic carbocycles. The molecule has 3 aromatic rings. The van der Waals surface area contributed by atoms with Crippen molar-refractivity contribution in [2.75, 3.05) is 7.11 Å². The zero-order chi connectivity index (χ0) is 16.9. The fourth-order valence-corrected chi connectivity index (χ4v) is 2.28. The summed E-state index contributed by atoms with van der Waals surface area (Å²) < 4.78 is 10.8. The van der Waals surface area contributed by atoms with Gasteiger partial charge in [-0.25, -0.2) is 4.98 Å². The Kier molecular flexibility index (Phi) is 4.98. The van der Waals surface area contributed by atoms with Gasteiger partial charge in [-0.15, -0.1) is 0 Å². The smallest absolute Gasteiger partial charge is 0.172 e. The molecule has 0 aliphatic heterocycles. The lowest BCUT2D eigenvalue weighted by atomic mass is 10.1. The molecule has 1 atom stereocenters. The number of aromatic amines is 1. The summed E-state index contributed by atoms with van der Waals surface area (Å²) in [5, 5.41) is 7.67. The average molecular weight is 345 g/mol. The van der Waals surface area contributed by atoms with E-state index in [-0.39, 0.29) is 6.61 Å². The predicted molar refractivity (Wildman–Crippen MR) is 91.2 cm³/mol. The molecule has 0 amide bonds. The highest BCUT2D eigenvalue weighted by Crippen LogP contribution is 2.20. The van der Waals surface area contributed by atoms with E-state index in [1.807, 2.05) is 36.4 Å². The van der Waals surface area contributed by atoms with E-state index in [1.54, 1.807) is 19.2 Å². The fourth-order valence-electron chi connectivity index (χ4n) is 2.16. The van der Waals surface area contributed by atoms with Gasteiger partial charge in [-0.1, -0.05) is 23.7 Å². The maximum absolute atomic E-state index is 6.18. The number of nitrogens with two attached hydrogens (primary N) is 1. The number of aromatic nitrogens is 3. The predicted octanol–water partition coefficient (Wildman–Crippen LogP) is 3.09. The number of nitrogens with zero attached hydrogens (tertiary/aromatic N) is 2. The molecule has 0 saturated heterocycles. The molecule has 3 N–H and O–H groups in total. The lowest BCUT2D eigenvalue weighted by molar-refractivity contribution is 0.295. The maximum Gasteiger partial charge on any atom is 0.172 e. The van der Waals surface area contributed by atoms with E-state index in [2.05, 4.69) is 15.2 Å². The Labute approximate surface area is 144 Å². The third-order valence-corrected chi connectivity index (χ3v) is 3.74. The number of nitrogens with one attached hydrogen (secondary N) is 1. The van der Waals surface area contributed by atoms with E-state index in [0.717, 1.165) is 17.1 Å². The van der Waals surface area contributed by atoms with E-state index in [9.17, 15) is 0 Å². The Bertz CT molecular complexity index is 787. The van der Waals surface area contributed by atoms with Crippen molar-refractivity contribution in [1.29, 1.82) is 0 Å². The summed E-state index contributed by atoms with van der Waals surface area (Å²) in [6.45, 7) is 0.271. The summed E-state index contributed by atoms with van der Waals surface area (Å²) in [6.07, 6.45) is 0. The summed E-state index contributed by atoms with van der Waals surface area (Å²) >= 11 is 5.88. The summed E-state index contributed by atoms with van der Waals surface area (Å²) in [6, 6.07) is 14.2. The Morgan fingerprint density at radius 1 is 1.08 bits per heavy atom. The SMILES string of the molecule is COc1ccc(OCc2nc([C@H](N)c3ccc(Cl)cc3)n[nH]2)cc1. The molecule has 6 nitrogen and oxygen atoms in total. The van der Waals surface area contributed by atoms with Crippen molar-refractivity contribution in [3.05, 3.63) is 70.8 Å². The molecular weight excluding hydrogens is 328 g/mol. The van der Waals surface area contributed by atoms with Crippen LogP contribution in [0.2, 0.25) is 5.02 Å². The van der Waals surface area contributed by atoms with Gasteiger partial charge in [0.25, 0.3) is 0 Å². The van der Waals surface area contributed by atoms with Crippen molar-refractivity contribution < 1.29 is 9.47 Å². The lowest BCUT2D eigenvalue weighted by Crippen LogP contribution is -2.13. The summed E-state index contributed by atoms with van der Waals surface area (Å²) in [4.78, 5) is 4.38. The van der Waals surface area contributed by atoms with Crippen LogP contribution in [0.1, 0.15) is 23.3 Å². The van der Waals surface area contributed by atoms with E-state index in [4.69, 9.17) is 26.8 Å². The second-order valence-corrected chi connectivity index (χ2v) is 5.57. The average Bonchev–Trinajstić information content (AvgIpc) is 3.09. The lowest BCUT2D eigenvalue weighted by Gasteiger charge is -2.07. The van der Waals surface area contributed by atoms with Crippen LogP contribution in [0.25, 0.3) is 0 Å². The normalized spacial score (nSPS) is 12.0.